The zero-order valence-electron chi connectivity index (χ0n) is 10.2. The van der Waals surface area contributed by atoms with Crippen LogP contribution in [0.3, 0.4) is 0 Å². The molecule has 0 aliphatic carbocycles. The van der Waals surface area contributed by atoms with Crippen LogP contribution in [0.25, 0.3) is 0 Å². The number of hydrogen-bond donors (Lipinski definition) is 1. The van der Waals surface area contributed by atoms with Crippen molar-refractivity contribution in [3.8, 4) is 5.75 Å². The molecule has 7 heteroatoms. The second-order valence-electron chi connectivity index (χ2n) is 3.87. The van der Waals surface area contributed by atoms with Gasteiger partial charge in [-0.2, -0.15) is 13.2 Å². The Hall–Kier alpha value is -0.790. The number of aliphatic hydroxyl groups is 1. The highest BCUT2D eigenvalue weighted by atomic mass is 79.9. The molecule has 1 N–H and O–H groups in total. The summed E-state index contributed by atoms with van der Waals surface area (Å²) in [5, 5.41) is 9.53. The normalized spacial score (nSPS) is 13.4. The van der Waals surface area contributed by atoms with Crippen LogP contribution in [0.4, 0.5) is 13.2 Å². The maximum atomic E-state index is 11.8. The molecule has 19 heavy (non-hydrogen) atoms. The first-order chi connectivity index (χ1) is 8.79. The van der Waals surface area contributed by atoms with E-state index in [1.54, 1.807) is 25.1 Å². The molecule has 1 aromatic carbocycles. The van der Waals surface area contributed by atoms with E-state index in [-0.39, 0.29) is 13.2 Å². The van der Waals surface area contributed by atoms with E-state index in [9.17, 15) is 18.3 Å². The van der Waals surface area contributed by atoms with Gasteiger partial charge in [-0.05, 0) is 19.1 Å². The van der Waals surface area contributed by atoms with E-state index in [0.29, 0.717) is 11.3 Å². The third-order valence-electron chi connectivity index (χ3n) is 2.18. The van der Waals surface area contributed by atoms with Crippen LogP contribution in [0.1, 0.15) is 18.6 Å². The Morgan fingerprint density at radius 3 is 2.58 bits per heavy atom. The molecule has 1 rings (SSSR count). The van der Waals surface area contributed by atoms with Crippen LogP contribution in [0.15, 0.2) is 22.7 Å². The molecule has 0 saturated carbocycles. The summed E-state index contributed by atoms with van der Waals surface area (Å²) in [6, 6.07) is 5.07. The van der Waals surface area contributed by atoms with Crippen LogP contribution >= 0.6 is 15.9 Å². The summed E-state index contributed by atoms with van der Waals surface area (Å²) in [6.07, 6.45) is -5.06. The van der Waals surface area contributed by atoms with Crippen molar-refractivity contribution in [2.45, 2.75) is 19.2 Å². The van der Waals surface area contributed by atoms with Crippen molar-refractivity contribution in [2.24, 2.45) is 0 Å². The predicted molar refractivity (Wildman–Crippen MR) is 67.1 cm³/mol. The number of rotatable bonds is 6. The van der Waals surface area contributed by atoms with Gasteiger partial charge in [-0.25, -0.2) is 0 Å². The van der Waals surface area contributed by atoms with Crippen molar-refractivity contribution < 1.29 is 27.8 Å². The fourth-order valence-corrected chi connectivity index (χ4v) is 1.72. The lowest BCUT2D eigenvalue weighted by molar-refractivity contribution is -0.175. The number of hydrogen-bond acceptors (Lipinski definition) is 3. The third-order valence-corrected chi connectivity index (χ3v) is 2.67. The molecule has 0 aliphatic heterocycles. The monoisotopic (exact) mass is 342 g/mol. The van der Waals surface area contributed by atoms with Crippen LogP contribution in [0, 0.1) is 0 Å². The minimum absolute atomic E-state index is 0.0216. The molecular weight excluding hydrogens is 329 g/mol. The largest absolute Gasteiger partial charge is 0.491 e. The molecule has 0 saturated heterocycles. The van der Waals surface area contributed by atoms with E-state index < -0.39 is 18.9 Å². The van der Waals surface area contributed by atoms with Crippen LogP contribution < -0.4 is 4.74 Å². The van der Waals surface area contributed by atoms with Crippen molar-refractivity contribution >= 4 is 15.9 Å². The second kappa shape index (κ2) is 7.12. The van der Waals surface area contributed by atoms with Crippen LogP contribution in [-0.2, 0) is 4.74 Å². The van der Waals surface area contributed by atoms with Crippen molar-refractivity contribution in [1.82, 2.24) is 0 Å². The van der Waals surface area contributed by atoms with Gasteiger partial charge in [-0.1, -0.05) is 22.0 Å². The first-order valence-electron chi connectivity index (χ1n) is 5.54. The lowest BCUT2D eigenvalue weighted by Gasteiger charge is -2.14. The van der Waals surface area contributed by atoms with Gasteiger partial charge in [-0.15, -0.1) is 0 Å². The predicted octanol–water partition coefficient (Wildman–Crippen LogP) is 3.46. The molecule has 0 bridgehead atoms. The Morgan fingerprint density at radius 2 is 2.00 bits per heavy atom. The highest BCUT2D eigenvalue weighted by Gasteiger charge is 2.27. The maximum absolute atomic E-state index is 11.8. The molecular formula is C12H14BrF3O3. The van der Waals surface area contributed by atoms with Gasteiger partial charge in [-0.3, -0.25) is 0 Å². The SMILES string of the molecule is C[C@H](O)c1ccc(Br)cc1OCCOCC(F)(F)F. The number of halogens is 4. The van der Waals surface area contributed by atoms with Crippen molar-refractivity contribution in [1.29, 1.82) is 0 Å². The van der Waals surface area contributed by atoms with E-state index in [1.165, 1.54) is 0 Å². The second-order valence-corrected chi connectivity index (χ2v) is 4.79. The molecule has 0 heterocycles. The molecule has 0 fully saturated rings. The van der Waals surface area contributed by atoms with Gasteiger partial charge in [0.25, 0.3) is 0 Å². The maximum Gasteiger partial charge on any atom is 0.411 e. The Bertz CT molecular complexity index is 408. The summed E-state index contributed by atoms with van der Waals surface area (Å²) in [6.45, 7) is 0.0892. The first-order valence-corrected chi connectivity index (χ1v) is 6.33. The molecule has 1 atom stereocenters. The summed E-state index contributed by atoms with van der Waals surface area (Å²) in [5.74, 6) is 0.417. The smallest absolute Gasteiger partial charge is 0.411 e. The van der Waals surface area contributed by atoms with Gasteiger partial charge in [0, 0.05) is 10.0 Å². The molecule has 3 nitrogen and oxygen atoms in total. The summed E-state index contributed by atoms with van der Waals surface area (Å²) in [7, 11) is 0. The topological polar surface area (TPSA) is 38.7 Å². The fourth-order valence-electron chi connectivity index (χ4n) is 1.38. The highest BCUT2D eigenvalue weighted by molar-refractivity contribution is 9.10. The molecule has 0 unspecified atom stereocenters. The van der Waals surface area contributed by atoms with Gasteiger partial charge in [0.15, 0.2) is 0 Å². The summed E-state index contributed by atoms with van der Waals surface area (Å²) in [4.78, 5) is 0. The fraction of sp³-hybridized carbons (Fsp3) is 0.500. The van der Waals surface area contributed by atoms with Crippen LogP contribution in [0.2, 0.25) is 0 Å². The van der Waals surface area contributed by atoms with Crippen molar-refractivity contribution in [2.75, 3.05) is 19.8 Å². The Balaban J connectivity index is 2.46. The number of benzene rings is 1. The van der Waals surface area contributed by atoms with Gasteiger partial charge in [0.05, 0.1) is 12.7 Å². The molecule has 0 spiro atoms. The number of aliphatic hydroxyl groups excluding tert-OH is 1. The lowest BCUT2D eigenvalue weighted by atomic mass is 10.1. The lowest BCUT2D eigenvalue weighted by Crippen LogP contribution is -2.19. The molecule has 0 amide bonds. The highest BCUT2D eigenvalue weighted by Crippen LogP contribution is 2.28. The summed E-state index contributed by atoms with van der Waals surface area (Å²) >= 11 is 3.25. The minimum Gasteiger partial charge on any atom is -0.491 e. The Morgan fingerprint density at radius 1 is 1.32 bits per heavy atom. The zero-order chi connectivity index (χ0) is 14.5. The quantitative estimate of drug-likeness (QED) is 0.804. The van der Waals surface area contributed by atoms with E-state index in [0.717, 1.165) is 4.47 Å². The summed E-state index contributed by atoms with van der Waals surface area (Å²) < 4.78 is 46.0. The van der Waals surface area contributed by atoms with Gasteiger partial charge in [0.1, 0.15) is 19.0 Å². The summed E-state index contributed by atoms with van der Waals surface area (Å²) in [5.41, 5.74) is 0.569. The van der Waals surface area contributed by atoms with E-state index >= 15 is 0 Å². The first kappa shape index (κ1) is 16.3. The Labute approximate surface area is 117 Å². The van der Waals surface area contributed by atoms with Gasteiger partial charge >= 0.3 is 6.18 Å². The van der Waals surface area contributed by atoms with E-state index in [1.807, 2.05) is 0 Å². The average molecular weight is 343 g/mol. The third kappa shape index (κ3) is 6.26. The van der Waals surface area contributed by atoms with Crippen LogP contribution in [0.5, 0.6) is 5.75 Å². The van der Waals surface area contributed by atoms with Gasteiger partial charge < -0.3 is 14.6 Å². The van der Waals surface area contributed by atoms with E-state index in [2.05, 4.69) is 20.7 Å². The number of alkyl halides is 3. The standard InChI is InChI=1S/C12H14BrF3O3/c1-8(17)10-3-2-9(13)6-11(10)19-5-4-18-7-12(14,15)16/h2-3,6,8,17H,4-5,7H2,1H3/t8-/m0/s1. The van der Waals surface area contributed by atoms with Crippen molar-refractivity contribution in [3.05, 3.63) is 28.2 Å². The zero-order valence-corrected chi connectivity index (χ0v) is 11.8. The number of ether oxygens (including phenoxy) is 2. The molecule has 108 valence electrons. The average Bonchev–Trinajstić information content (AvgIpc) is 2.26. The molecule has 0 aromatic heterocycles. The van der Waals surface area contributed by atoms with E-state index in [4.69, 9.17) is 4.74 Å². The Kier molecular flexibility index (Phi) is 6.09. The molecule has 0 aliphatic rings. The molecule has 0 radical (unpaired) electrons. The van der Waals surface area contributed by atoms with Gasteiger partial charge in [0.2, 0.25) is 0 Å². The molecule has 1 aromatic rings. The minimum atomic E-state index is -4.33. The van der Waals surface area contributed by atoms with Crippen molar-refractivity contribution in [3.63, 3.8) is 0 Å². The van der Waals surface area contributed by atoms with Crippen LogP contribution in [-0.4, -0.2) is 31.1 Å².